The molecular formula is C26H24N2O3S. The lowest BCUT2D eigenvalue weighted by Crippen LogP contribution is -2.39. The van der Waals surface area contributed by atoms with Gasteiger partial charge in [0.25, 0.3) is 15.9 Å². The molecule has 1 amide bonds. The van der Waals surface area contributed by atoms with Crippen LogP contribution in [0.3, 0.4) is 0 Å². The lowest BCUT2D eigenvalue weighted by Gasteiger charge is -2.32. The van der Waals surface area contributed by atoms with Crippen molar-refractivity contribution in [3.63, 3.8) is 0 Å². The highest BCUT2D eigenvalue weighted by Gasteiger charge is 2.40. The van der Waals surface area contributed by atoms with Crippen molar-refractivity contribution >= 4 is 32.9 Å². The molecule has 0 radical (unpaired) electrons. The fourth-order valence-electron chi connectivity index (χ4n) is 3.84. The summed E-state index contributed by atoms with van der Waals surface area (Å²) in [5.74, 6) is -0.670. The van der Waals surface area contributed by atoms with Crippen LogP contribution in [0.2, 0.25) is 0 Å². The maximum atomic E-state index is 13.7. The van der Waals surface area contributed by atoms with Gasteiger partial charge >= 0.3 is 0 Å². The molecule has 0 atom stereocenters. The summed E-state index contributed by atoms with van der Waals surface area (Å²) in [5.41, 5.74) is 3.93. The second kappa shape index (κ2) is 8.85. The second-order valence-electron chi connectivity index (χ2n) is 7.42. The first kappa shape index (κ1) is 21.6. The summed E-state index contributed by atoms with van der Waals surface area (Å²) in [6.07, 6.45) is 2.39. The molecule has 0 saturated carbocycles. The third-order valence-electron chi connectivity index (χ3n) is 5.40. The van der Waals surface area contributed by atoms with E-state index in [1.54, 1.807) is 24.3 Å². The number of nitrogens with zero attached hydrogens (tertiary/aromatic N) is 1. The van der Waals surface area contributed by atoms with Crippen LogP contribution in [0, 0.1) is 0 Å². The number of anilines is 2. The van der Waals surface area contributed by atoms with E-state index in [1.807, 2.05) is 61.5 Å². The SMILES string of the molecule is C=CCN1c2ccccc2C(c2ccccc2)=C(C(=O)Nc2ccc(CC)cc2)S1(=O)=O. The quantitative estimate of drug-likeness (QED) is 0.545. The molecule has 6 heteroatoms. The van der Waals surface area contributed by atoms with Crippen LogP contribution < -0.4 is 9.62 Å². The zero-order valence-corrected chi connectivity index (χ0v) is 18.6. The van der Waals surface area contributed by atoms with E-state index in [9.17, 15) is 13.2 Å². The molecule has 1 aliphatic rings. The summed E-state index contributed by atoms with van der Waals surface area (Å²) < 4.78 is 28.7. The molecule has 32 heavy (non-hydrogen) atoms. The van der Waals surface area contributed by atoms with Crippen molar-refractivity contribution in [2.45, 2.75) is 13.3 Å². The minimum Gasteiger partial charge on any atom is -0.321 e. The van der Waals surface area contributed by atoms with E-state index in [0.717, 1.165) is 12.0 Å². The Kier molecular flexibility index (Phi) is 5.97. The van der Waals surface area contributed by atoms with Crippen molar-refractivity contribution < 1.29 is 13.2 Å². The zero-order chi connectivity index (χ0) is 22.7. The number of aryl methyl sites for hydroxylation is 1. The van der Waals surface area contributed by atoms with Crippen molar-refractivity contribution in [2.24, 2.45) is 0 Å². The number of fused-ring (bicyclic) bond motifs is 1. The lowest BCUT2D eigenvalue weighted by atomic mass is 9.95. The number of rotatable bonds is 6. The minimum atomic E-state index is -4.14. The van der Waals surface area contributed by atoms with Gasteiger partial charge in [-0.3, -0.25) is 9.10 Å². The van der Waals surface area contributed by atoms with Crippen molar-refractivity contribution in [1.29, 1.82) is 0 Å². The number of hydrogen-bond acceptors (Lipinski definition) is 3. The third-order valence-corrected chi connectivity index (χ3v) is 7.23. The normalized spacial score (nSPS) is 14.6. The first-order chi connectivity index (χ1) is 15.5. The Hall–Kier alpha value is -3.64. The minimum absolute atomic E-state index is 0.0589. The molecular weight excluding hydrogens is 420 g/mol. The molecule has 1 aliphatic heterocycles. The molecule has 4 rings (SSSR count). The van der Waals surface area contributed by atoms with Crippen LogP contribution in [-0.4, -0.2) is 20.9 Å². The number of benzene rings is 3. The number of sulfonamides is 1. The Labute approximate surface area is 188 Å². The van der Waals surface area contributed by atoms with Gasteiger partial charge in [-0.05, 0) is 35.7 Å². The zero-order valence-electron chi connectivity index (χ0n) is 17.8. The first-order valence-electron chi connectivity index (χ1n) is 10.4. The summed E-state index contributed by atoms with van der Waals surface area (Å²) >= 11 is 0. The van der Waals surface area contributed by atoms with Gasteiger partial charge in [0.1, 0.15) is 0 Å². The van der Waals surface area contributed by atoms with Crippen LogP contribution in [-0.2, 0) is 21.2 Å². The van der Waals surface area contributed by atoms with Gasteiger partial charge in [0.15, 0.2) is 4.91 Å². The van der Waals surface area contributed by atoms with Gasteiger partial charge in [0.2, 0.25) is 0 Å². The van der Waals surface area contributed by atoms with Crippen LogP contribution in [0.4, 0.5) is 11.4 Å². The number of hydrogen-bond donors (Lipinski definition) is 1. The number of nitrogens with one attached hydrogen (secondary N) is 1. The molecule has 3 aromatic rings. The Morgan fingerprint density at radius 2 is 1.62 bits per heavy atom. The predicted octanol–water partition coefficient (Wildman–Crippen LogP) is 4.98. The highest BCUT2D eigenvalue weighted by atomic mass is 32.2. The summed E-state index contributed by atoms with van der Waals surface area (Å²) in [6.45, 7) is 5.81. The van der Waals surface area contributed by atoms with Gasteiger partial charge < -0.3 is 5.32 Å². The van der Waals surface area contributed by atoms with Gasteiger partial charge in [-0.1, -0.05) is 73.7 Å². The molecule has 5 nitrogen and oxygen atoms in total. The Morgan fingerprint density at radius 3 is 2.28 bits per heavy atom. The first-order valence-corrected chi connectivity index (χ1v) is 11.8. The van der Waals surface area contributed by atoms with Crippen molar-refractivity contribution in [3.8, 4) is 0 Å². The summed E-state index contributed by atoms with van der Waals surface area (Å²) in [6, 6.07) is 23.7. The Morgan fingerprint density at radius 1 is 0.969 bits per heavy atom. The van der Waals surface area contributed by atoms with E-state index in [1.165, 1.54) is 10.4 Å². The molecule has 0 saturated heterocycles. The molecule has 0 aromatic heterocycles. The van der Waals surface area contributed by atoms with Crippen LogP contribution in [0.25, 0.3) is 5.57 Å². The standard InChI is InChI=1S/C26H24N2O3S/c1-3-18-28-23-13-9-8-12-22(23)24(20-10-6-5-7-11-20)25(32(28,30)31)26(29)27-21-16-14-19(4-2)15-17-21/h3,5-17H,1,4,18H2,2H3,(H,27,29). The van der Waals surface area contributed by atoms with Gasteiger partial charge in [-0.2, -0.15) is 0 Å². The largest absolute Gasteiger partial charge is 0.321 e. The van der Waals surface area contributed by atoms with Crippen molar-refractivity contribution in [2.75, 3.05) is 16.2 Å². The molecule has 1 N–H and O–H groups in total. The van der Waals surface area contributed by atoms with Crippen LogP contribution >= 0.6 is 0 Å². The van der Waals surface area contributed by atoms with Gasteiger partial charge in [0, 0.05) is 16.8 Å². The van der Waals surface area contributed by atoms with Crippen molar-refractivity contribution in [1.82, 2.24) is 0 Å². The van der Waals surface area contributed by atoms with E-state index in [0.29, 0.717) is 28.1 Å². The van der Waals surface area contributed by atoms with Gasteiger partial charge in [-0.15, -0.1) is 6.58 Å². The average Bonchev–Trinajstić information content (AvgIpc) is 2.81. The van der Waals surface area contributed by atoms with Gasteiger partial charge in [0.05, 0.1) is 12.2 Å². The molecule has 0 fully saturated rings. The Bertz CT molecular complexity index is 1290. The van der Waals surface area contributed by atoms with Crippen LogP contribution in [0.15, 0.2) is 96.4 Å². The molecule has 162 valence electrons. The lowest BCUT2D eigenvalue weighted by molar-refractivity contribution is -0.112. The van der Waals surface area contributed by atoms with Gasteiger partial charge in [-0.25, -0.2) is 8.42 Å². The number of amides is 1. The van der Waals surface area contributed by atoms with Crippen LogP contribution in [0.5, 0.6) is 0 Å². The molecule has 0 spiro atoms. The molecule has 3 aromatic carbocycles. The fraction of sp³-hybridized carbons (Fsp3) is 0.115. The van der Waals surface area contributed by atoms with E-state index >= 15 is 0 Å². The highest BCUT2D eigenvalue weighted by molar-refractivity contribution is 7.97. The smallest absolute Gasteiger partial charge is 0.270 e. The van der Waals surface area contributed by atoms with E-state index in [-0.39, 0.29) is 11.4 Å². The molecule has 0 bridgehead atoms. The summed E-state index contributed by atoms with van der Waals surface area (Å²) in [7, 11) is -4.14. The summed E-state index contributed by atoms with van der Waals surface area (Å²) in [5, 5.41) is 2.78. The van der Waals surface area contributed by atoms with E-state index < -0.39 is 15.9 Å². The van der Waals surface area contributed by atoms with Crippen LogP contribution in [0.1, 0.15) is 23.6 Å². The molecule has 0 unspecified atom stereocenters. The van der Waals surface area contributed by atoms with Crippen molar-refractivity contribution in [3.05, 3.63) is 113 Å². The summed E-state index contributed by atoms with van der Waals surface area (Å²) in [4.78, 5) is 13.2. The number of carbonyl (C=O) groups is 1. The average molecular weight is 445 g/mol. The predicted molar refractivity (Wildman–Crippen MR) is 130 cm³/mol. The maximum absolute atomic E-state index is 13.7. The topological polar surface area (TPSA) is 66.5 Å². The van der Waals surface area contributed by atoms with E-state index in [2.05, 4.69) is 11.9 Å². The number of para-hydroxylation sites is 1. The fourth-order valence-corrected chi connectivity index (χ4v) is 5.55. The molecule has 0 aliphatic carbocycles. The monoisotopic (exact) mass is 444 g/mol. The second-order valence-corrected chi connectivity index (χ2v) is 9.22. The maximum Gasteiger partial charge on any atom is 0.270 e. The number of carbonyl (C=O) groups excluding carboxylic acids is 1. The van der Waals surface area contributed by atoms with E-state index in [4.69, 9.17) is 0 Å². The molecule has 1 heterocycles. The highest BCUT2D eigenvalue weighted by Crippen LogP contribution is 2.42. The third kappa shape index (κ3) is 3.85. The Balaban J connectivity index is 1.93.